The number of ether oxygens (including phenoxy) is 1. The number of thioether (sulfide) groups is 1. The van der Waals surface area contributed by atoms with Gasteiger partial charge in [0.05, 0.1) is 0 Å². The third kappa shape index (κ3) is 5.57. The summed E-state index contributed by atoms with van der Waals surface area (Å²) in [5.41, 5.74) is 1.35. The largest absolute Gasteiger partial charge is 0.385 e. The van der Waals surface area contributed by atoms with Crippen molar-refractivity contribution in [1.29, 1.82) is 0 Å². The van der Waals surface area contributed by atoms with E-state index < -0.39 is 0 Å². The van der Waals surface area contributed by atoms with Crippen LogP contribution in [0.5, 0.6) is 0 Å². The minimum Gasteiger partial charge on any atom is -0.385 e. The van der Waals surface area contributed by atoms with E-state index in [1.54, 1.807) is 7.11 Å². The molecule has 1 aromatic rings. The summed E-state index contributed by atoms with van der Waals surface area (Å²) in [6.07, 6.45) is 1.11. The zero-order valence-electron chi connectivity index (χ0n) is 11.0. The summed E-state index contributed by atoms with van der Waals surface area (Å²) in [5, 5.41) is 3.42. The molecule has 0 bridgehead atoms. The molecule has 1 rings (SSSR count). The monoisotopic (exact) mass is 253 g/mol. The van der Waals surface area contributed by atoms with Crippen molar-refractivity contribution in [2.75, 3.05) is 26.0 Å². The lowest BCUT2D eigenvalue weighted by Crippen LogP contribution is -2.17. The van der Waals surface area contributed by atoms with Crippen LogP contribution in [0, 0.1) is 0 Å². The Hall–Kier alpha value is -0.510. The molecule has 0 aliphatic carbocycles. The molecule has 1 aromatic carbocycles. The molecule has 1 atom stereocenters. The maximum atomic E-state index is 5.04. The second kappa shape index (κ2) is 8.56. The first-order chi connectivity index (χ1) is 8.27. The van der Waals surface area contributed by atoms with Gasteiger partial charge in [0, 0.05) is 30.4 Å². The van der Waals surface area contributed by atoms with Crippen LogP contribution in [0.4, 0.5) is 0 Å². The second-order valence-electron chi connectivity index (χ2n) is 4.04. The van der Waals surface area contributed by atoms with Gasteiger partial charge in [0.15, 0.2) is 0 Å². The van der Waals surface area contributed by atoms with Crippen LogP contribution in [0.25, 0.3) is 0 Å². The topological polar surface area (TPSA) is 21.3 Å². The van der Waals surface area contributed by atoms with Crippen LogP contribution in [0.15, 0.2) is 29.2 Å². The molecular formula is C14H23NOS. The molecule has 0 saturated heterocycles. The van der Waals surface area contributed by atoms with Crippen molar-refractivity contribution < 1.29 is 4.74 Å². The van der Waals surface area contributed by atoms with E-state index in [0.717, 1.165) is 25.3 Å². The highest BCUT2D eigenvalue weighted by Crippen LogP contribution is 2.21. The van der Waals surface area contributed by atoms with Crippen molar-refractivity contribution in [3.8, 4) is 0 Å². The molecule has 96 valence electrons. The number of methoxy groups -OCH3 is 1. The number of hydrogen-bond donors (Lipinski definition) is 1. The molecule has 0 radical (unpaired) electrons. The molecule has 0 aliphatic rings. The molecular weight excluding hydrogens is 230 g/mol. The van der Waals surface area contributed by atoms with E-state index in [1.807, 2.05) is 11.8 Å². The summed E-state index contributed by atoms with van der Waals surface area (Å²) in [5.74, 6) is 1.12. The van der Waals surface area contributed by atoms with Gasteiger partial charge in [-0.05, 0) is 37.6 Å². The highest BCUT2D eigenvalue weighted by atomic mass is 32.2. The molecule has 1 N–H and O–H groups in total. The van der Waals surface area contributed by atoms with E-state index in [2.05, 4.69) is 43.4 Å². The molecule has 0 saturated carbocycles. The molecule has 0 aliphatic heterocycles. The summed E-state index contributed by atoms with van der Waals surface area (Å²) >= 11 is 1.89. The van der Waals surface area contributed by atoms with E-state index >= 15 is 0 Å². The van der Waals surface area contributed by atoms with Gasteiger partial charge in [-0.15, -0.1) is 11.8 Å². The first-order valence-electron chi connectivity index (χ1n) is 6.23. The smallest absolute Gasteiger partial charge is 0.0470 e. The molecule has 0 heterocycles. The van der Waals surface area contributed by atoms with Crippen molar-refractivity contribution in [1.82, 2.24) is 5.32 Å². The van der Waals surface area contributed by atoms with Gasteiger partial charge in [-0.1, -0.05) is 19.1 Å². The summed E-state index contributed by atoms with van der Waals surface area (Å²) in [6, 6.07) is 9.28. The summed E-state index contributed by atoms with van der Waals surface area (Å²) in [6.45, 7) is 6.19. The van der Waals surface area contributed by atoms with Crippen molar-refractivity contribution in [2.45, 2.75) is 31.2 Å². The van der Waals surface area contributed by atoms with E-state index in [-0.39, 0.29) is 0 Å². The van der Waals surface area contributed by atoms with Crippen molar-refractivity contribution >= 4 is 11.8 Å². The average Bonchev–Trinajstić information content (AvgIpc) is 2.36. The number of hydrogen-bond acceptors (Lipinski definition) is 3. The highest BCUT2D eigenvalue weighted by molar-refractivity contribution is 7.99. The van der Waals surface area contributed by atoms with Crippen LogP contribution in [0.1, 0.15) is 31.9 Å². The number of rotatable bonds is 8. The van der Waals surface area contributed by atoms with Gasteiger partial charge in [0.1, 0.15) is 0 Å². The Morgan fingerprint density at radius 3 is 2.59 bits per heavy atom. The maximum absolute atomic E-state index is 5.04. The Kier molecular flexibility index (Phi) is 7.33. The fourth-order valence-corrected chi connectivity index (χ4v) is 2.50. The lowest BCUT2D eigenvalue weighted by atomic mass is 10.1. The van der Waals surface area contributed by atoms with Gasteiger partial charge in [0.25, 0.3) is 0 Å². The summed E-state index contributed by atoms with van der Waals surface area (Å²) < 4.78 is 5.04. The van der Waals surface area contributed by atoms with Crippen LogP contribution in [0.2, 0.25) is 0 Å². The number of nitrogens with one attached hydrogen (secondary N) is 1. The minimum absolute atomic E-state index is 0.438. The van der Waals surface area contributed by atoms with Crippen LogP contribution in [0.3, 0.4) is 0 Å². The summed E-state index contributed by atoms with van der Waals surface area (Å²) in [4.78, 5) is 1.34. The highest BCUT2D eigenvalue weighted by Gasteiger charge is 2.03. The Morgan fingerprint density at radius 2 is 2.00 bits per heavy atom. The molecule has 2 nitrogen and oxygen atoms in total. The van der Waals surface area contributed by atoms with Gasteiger partial charge in [-0.25, -0.2) is 0 Å². The molecule has 17 heavy (non-hydrogen) atoms. The molecule has 0 fully saturated rings. The zero-order chi connectivity index (χ0) is 12.5. The van der Waals surface area contributed by atoms with Crippen LogP contribution in [-0.4, -0.2) is 26.0 Å². The predicted octanol–water partition coefficient (Wildman–Crippen LogP) is 3.49. The third-order valence-corrected chi connectivity index (χ3v) is 3.75. The fraction of sp³-hybridized carbons (Fsp3) is 0.571. The Bertz CT molecular complexity index is 300. The number of benzene rings is 1. The first kappa shape index (κ1) is 14.6. The summed E-state index contributed by atoms with van der Waals surface area (Å²) in [7, 11) is 1.75. The third-order valence-electron chi connectivity index (χ3n) is 2.65. The first-order valence-corrected chi connectivity index (χ1v) is 7.21. The molecule has 0 spiro atoms. The van der Waals surface area contributed by atoms with Crippen LogP contribution < -0.4 is 5.32 Å². The average molecular weight is 253 g/mol. The standard InChI is InChI=1S/C14H23NOS/c1-4-15-12(2)13-6-8-14(9-7-13)17-11-5-10-16-3/h6-9,12,15H,4-5,10-11H2,1-3H3. The van der Waals surface area contributed by atoms with Gasteiger partial charge in [-0.2, -0.15) is 0 Å². The van der Waals surface area contributed by atoms with E-state index in [9.17, 15) is 0 Å². The van der Waals surface area contributed by atoms with Crippen molar-refractivity contribution in [2.24, 2.45) is 0 Å². The van der Waals surface area contributed by atoms with E-state index in [1.165, 1.54) is 10.5 Å². The van der Waals surface area contributed by atoms with E-state index in [0.29, 0.717) is 6.04 Å². The fourth-order valence-electron chi connectivity index (χ4n) is 1.67. The van der Waals surface area contributed by atoms with Crippen LogP contribution in [-0.2, 0) is 4.74 Å². The Morgan fingerprint density at radius 1 is 1.29 bits per heavy atom. The SMILES string of the molecule is CCNC(C)c1ccc(SCCCOC)cc1. The zero-order valence-corrected chi connectivity index (χ0v) is 11.8. The van der Waals surface area contributed by atoms with Gasteiger partial charge >= 0.3 is 0 Å². The normalized spacial score (nSPS) is 12.6. The molecule has 3 heteroatoms. The quantitative estimate of drug-likeness (QED) is 0.566. The molecule has 0 amide bonds. The van der Waals surface area contributed by atoms with Gasteiger partial charge in [-0.3, -0.25) is 0 Å². The molecule has 1 unspecified atom stereocenters. The second-order valence-corrected chi connectivity index (χ2v) is 5.21. The van der Waals surface area contributed by atoms with Gasteiger partial charge < -0.3 is 10.1 Å². The lowest BCUT2D eigenvalue weighted by molar-refractivity contribution is 0.200. The Balaban J connectivity index is 2.39. The lowest BCUT2D eigenvalue weighted by Gasteiger charge is -2.13. The minimum atomic E-state index is 0.438. The van der Waals surface area contributed by atoms with Crippen molar-refractivity contribution in [3.05, 3.63) is 29.8 Å². The van der Waals surface area contributed by atoms with Crippen LogP contribution >= 0.6 is 11.8 Å². The van der Waals surface area contributed by atoms with Crippen molar-refractivity contribution in [3.63, 3.8) is 0 Å². The van der Waals surface area contributed by atoms with Gasteiger partial charge in [0.2, 0.25) is 0 Å². The van der Waals surface area contributed by atoms with E-state index in [4.69, 9.17) is 4.74 Å². The Labute approximate surface area is 109 Å². The molecule has 0 aromatic heterocycles. The predicted molar refractivity (Wildman–Crippen MR) is 75.8 cm³/mol. The maximum Gasteiger partial charge on any atom is 0.0470 e.